The Bertz CT molecular complexity index is 1660. The summed E-state index contributed by atoms with van der Waals surface area (Å²) in [6.07, 6.45) is 0. The Morgan fingerprint density at radius 2 is 1.14 bits per heavy atom. The molecule has 6 N–H and O–H groups in total. The summed E-state index contributed by atoms with van der Waals surface area (Å²) in [4.78, 5) is 26.8. The van der Waals surface area contributed by atoms with Crippen molar-refractivity contribution >= 4 is 44.4 Å². The van der Waals surface area contributed by atoms with Crippen molar-refractivity contribution in [2.24, 2.45) is 0 Å². The van der Waals surface area contributed by atoms with Gasteiger partial charge in [0.15, 0.2) is 11.6 Å². The van der Waals surface area contributed by atoms with Gasteiger partial charge in [-0.25, -0.2) is 8.42 Å². The first-order valence-corrected chi connectivity index (χ1v) is 12.6. The highest BCUT2D eigenvalue weighted by molar-refractivity contribution is 7.86. The number of hydrogen-bond donors (Lipinski definition) is 3. The Kier molecular flexibility index (Phi) is 6.70. The number of ketones is 2. The molecule has 1 aliphatic rings. The molecule has 8 nitrogen and oxygen atoms in total. The van der Waals surface area contributed by atoms with Crippen molar-refractivity contribution in [3.05, 3.63) is 112 Å². The summed E-state index contributed by atoms with van der Waals surface area (Å²) in [5.74, 6) is -0.715. The summed E-state index contributed by atoms with van der Waals surface area (Å²) >= 11 is 0. The zero-order valence-electron chi connectivity index (χ0n) is 20.5. The van der Waals surface area contributed by atoms with Gasteiger partial charge < -0.3 is 21.3 Å². The molecule has 0 saturated heterocycles. The smallest absolute Gasteiger partial charge is 0.196 e. The van der Waals surface area contributed by atoms with Crippen LogP contribution in [0.15, 0.2) is 83.8 Å². The van der Waals surface area contributed by atoms with E-state index < -0.39 is 15.0 Å². The van der Waals surface area contributed by atoms with Crippen LogP contribution < -0.4 is 16.8 Å². The molecule has 0 amide bonds. The zero-order chi connectivity index (χ0) is 25.6. The second kappa shape index (κ2) is 9.62. The van der Waals surface area contributed by atoms with Crippen LogP contribution in [0.3, 0.4) is 0 Å². The van der Waals surface area contributed by atoms with E-state index in [0.29, 0.717) is 11.3 Å². The predicted molar refractivity (Wildman–Crippen MR) is 143 cm³/mol. The Morgan fingerprint density at radius 3 is 1.68 bits per heavy atom. The summed E-state index contributed by atoms with van der Waals surface area (Å²) in [7, 11) is -4.80. The predicted octanol–water partition coefficient (Wildman–Crippen LogP) is 5.85. The Morgan fingerprint density at radius 1 is 0.649 bits per heavy atom. The molecule has 37 heavy (non-hydrogen) atoms. The van der Waals surface area contributed by atoms with Crippen molar-refractivity contribution < 1.29 is 22.6 Å². The third-order valence-electron chi connectivity index (χ3n) is 6.08. The second-order valence-corrected chi connectivity index (χ2v) is 10.0. The molecule has 5 rings (SSSR count). The van der Waals surface area contributed by atoms with Gasteiger partial charge in [-0.2, -0.15) is 0 Å². The summed E-state index contributed by atoms with van der Waals surface area (Å²) in [5.41, 5.74) is 3.90. The highest BCUT2D eigenvalue weighted by Crippen LogP contribution is 2.39. The fraction of sp³-hybridized carbons (Fsp3) is 0.0714. The lowest BCUT2D eigenvalue weighted by Crippen LogP contribution is -2.23. The molecule has 0 atom stereocenters. The molecule has 0 fully saturated rings. The SMILES string of the molecule is Cc1ccc(Nc2ccc(Nc3ccc(C)cc3S(=O)(=O)[O-])c3c2C(=O)c2ccccc2C3=O)cc1.[NH4+]. The van der Waals surface area contributed by atoms with E-state index in [1.807, 2.05) is 31.2 Å². The van der Waals surface area contributed by atoms with E-state index in [-0.39, 0.29) is 51.3 Å². The van der Waals surface area contributed by atoms with Crippen LogP contribution in [0.1, 0.15) is 43.0 Å². The molecule has 4 aromatic carbocycles. The van der Waals surface area contributed by atoms with Crippen LogP contribution in [0.2, 0.25) is 0 Å². The molecule has 0 unspecified atom stereocenters. The van der Waals surface area contributed by atoms with Gasteiger partial charge in [-0.15, -0.1) is 0 Å². The molecule has 0 spiro atoms. The van der Waals surface area contributed by atoms with Gasteiger partial charge in [-0.05, 0) is 55.8 Å². The second-order valence-electron chi connectivity index (χ2n) is 8.68. The van der Waals surface area contributed by atoms with E-state index in [9.17, 15) is 22.6 Å². The third kappa shape index (κ3) is 4.75. The van der Waals surface area contributed by atoms with Gasteiger partial charge in [-0.1, -0.05) is 48.0 Å². The van der Waals surface area contributed by atoms with Gasteiger partial charge >= 0.3 is 0 Å². The zero-order valence-corrected chi connectivity index (χ0v) is 21.3. The Hall–Kier alpha value is -4.31. The molecule has 4 aromatic rings. The van der Waals surface area contributed by atoms with Crippen LogP contribution in [0.4, 0.5) is 22.7 Å². The fourth-order valence-corrected chi connectivity index (χ4v) is 5.03. The number of aryl methyl sites for hydroxylation is 2. The van der Waals surface area contributed by atoms with E-state index in [1.54, 1.807) is 49.4 Å². The number of hydrogen-bond acceptors (Lipinski definition) is 7. The number of quaternary nitrogens is 1. The number of nitrogens with one attached hydrogen (secondary N) is 2. The minimum Gasteiger partial charge on any atom is -0.744 e. The highest BCUT2D eigenvalue weighted by Gasteiger charge is 2.34. The topological polar surface area (TPSA) is 152 Å². The number of anilines is 4. The summed E-state index contributed by atoms with van der Waals surface area (Å²) in [6.45, 7) is 3.64. The first-order chi connectivity index (χ1) is 17.1. The molecule has 1 aliphatic carbocycles. The number of carbonyl (C=O) groups is 2. The number of rotatable bonds is 5. The Balaban J connectivity index is 0.00000320. The van der Waals surface area contributed by atoms with Crippen molar-refractivity contribution in [2.75, 3.05) is 10.6 Å². The molecule has 0 aliphatic heterocycles. The maximum atomic E-state index is 13.6. The number of carbonyl (C=O) groups excluding carboxylic acids is 2. The first kappa shape index (κ1) is 25.8. The van der Waals surface area contributed by atoms with E-state index >= 15 is 0 Å². The maximum Gasteiger partial charge on any atom is 0.196 e. The van der Waals surface area contributed by atoms with Gasteiger partial charge in [0.05, 0.1) is 33.1 Å². The molecule has 9 heteroatoms. The molecule has 188 valence electrons. The van der Waals surface area contributed by atoms with Crippen molar-refractivity contribution in [3.63, 3.8) is 0 Å². The largest absolute Gasteiger partial charge is 0.744 e. The van der Waals surface area contributed by atoms with Crippen LogP contribution in [-0.2, 0) is 10.1 Å². The molecule has 0 aromatic heterocycles. The normalized spacial score (nSPS) is 12.3. The quantitative estimate of drug-likeness (QED) is 0.248. The lowest BCUT2D eigenvalue weighted by molar-refractivity contribution is 0.0980. The van der Waals surface area contributed by atoms with E-state index in [4.69, 9.17) is 0 Å². The van der Waals surface area contributed by atoms with Gasteiger partial charge in [0.25, 0.3) is 0 Å². The van der Waals surface area contributed by atoms with Crippen LogP contribution in [0, 0.1) is 13.8 Å². The molecule has 0 bridgehead atoms. The van der Waals surface area contributed by atoms with Crippen LogP contribution >= 0.6 is 0 Å². The maximum absolute atomic E-state index is 13.6. The van der Waals surface area contributed by atoms with Gasteiger partial charge in [0.1, 0.15) is 10.1 Å². The van der Waals surface area contributed by atoms with Gasteiger partial charge in [0.2, 0.25) is 0 Å². The van der Waals surface area contributed by atoms with Crippen molar-refractivity contribution in [1.29, 1.82) is 0 Å². The first-order valence-electron chi connectivity index (χ1n) is 11.2. The Labute approximate surface area is 214 Å². The molecule has 0 saturated carbocycles. The minimum absolute atomic E-state index is 0. The summed E-state index contributed by atoms with van der Waals surface area (Å²) < 4.78 is 35.8. The van der Waals surface area contributed by atoms with E-state index in [0.717, 1.165) is 11.3 Å². The highest BCUT2D eigenvalue weighted by atomic mass is 32.2. The third-order valence-corrected chi connectivity index (χ3v) is 6.96. The molecule has 0 heterocycles. The van der Waals surface area contributed by atoms with Crippen LogP contribution in [-0.4, -0.2) is 24.5 Å². The fourth-order valence-electron chi connectivity index (χ4n) is 4.31. The summed E-state index contributed by atoms with van der Waals surface area (Å²) in [6, 6.07) is 21.8. The molecular weight excluding hydrogens is 490 g/mol. The standard InChI is InChI=1S/C28H22N2O5S.H3N/c1-16-7-10-18(11-8-16)29-22-13-14-23(30-21-12-9-17(2)15-24(21)36(33,34)35)26-25(22)27(31)19-5-3-4-6-20(19)28(26)32;/h3-15,29-30H,1-2H3,(H,33,34,35);1H3. The van der Waals surface area contributed by atoms with Crippen molar-refractivity contribution in [2.45, 2.75) is 18.7 Å². The van der Waals surface area contributed by atoms with E-state index in [2.05, 4.69) is 10.6 Å². The number of fused-ring (bicyclic) bond motifs is 2. The lowest BCUT2D eigenvalue weighted by Gasteiger charge is -2.24. The average molecular weight is 516 g/mol. The minimum atomic E-state index is -4.80. The van der Waals surface area contributed by atoms with Gasteiger partial charge in [-0.3, -0.25) is 9.59 Å². The lowest BCUT2D eigenvalue weighted by atomic mass is 9.82. The average Bonchev–Trinajstić information content (AvgIpc) is 2.85. The molecule has 0 radical (unpaired) electrons. The summed E-state index contributed by atoms with van der Waals surface area (Å²) in [5, 5.41) is 6.16. The van der Waals surface area contributed by atoms with Crippen LogP contribution in [0.5, 0.6) is 0 Å². The number of benzene rings is 4. The van der Waals surface area contributed by atoms with Crippen molar-refractivity contribution in [1.82, 2.24) is 6.15 Å². The van der Waals surface area contributed by atoms with E-state index in [1.165, 1.54) is 12.1 Å². The van der Waals surface area contributed by atoms with Crippen LogP contribution in [0.25, 0.3) is 0 Å². The monoisotopic (exact) mass is 515 g/mol. The molecular formula is C28H25N3O5S. The van der Waals surface area contributed by atoms with Crippen molar-refractivity contribution in [3.8, 4) is 0 Å². The van der Waals surface area contributed by atoms with Gasteiger partial charge in [0, 0.05) is 16.8 Å².